The number of aryl methyl sites for hydroxylation is 2. The number of amides is 1. The fourth-order valence-electron chi connectivity index (χ4n) is 1.68. The quantitative estimate of drug-likeness (QED) is 0.878. The molecule has 2 nitrogen and oxygen atoms in total. The minimum atomic E-state index is -0.719. The SMILES string of the molecule is Cc1cc(C(=O)Nc2cc(F)cc(F)c2)c(C)s1. The predicted molar refractivity (Wildman–Crippen MR) is 68.1 cm³/mol. The van der Waals surface area contributed by atoms with Crippen molar-refractivity contribution in [3.63, 3.8) is 0 Å². The van der Waals surface area contributed by atoms with Crippen molar-refractivity contribution in [2.45, 2.75) is 13.8 Å². The fourth-order valence-corrected chi connectivity index (χ4v) is 2.60. The molecule has 18 heavy (non-hydrogen) atoms. The van der Waals surface area contributed by atoms with Crippen LogP contribution < -0.4 is 5.32 Å². The monoisotopic (exact) mass is 267 g/mol. The first kappa shape index (κ1) is 12.7. The Labute approximate surface area is 107 Å². The molecule has 2 aromatic rings. The normalized spacial score (nSPS) is 10.4. The maximum atomic E-state index is 13.0. The molecule has 1 N–H and O–H groups in total. The van der Waals surface area contributed by atoms with Crippen LogP contribution >= 0.6 is 11.3 Å². The lowest BCUT2D eigenvalue weighted by Crippen LogP contribution is -2.12. The number of carbonyl (C=O) groups excluding carboxylic acids is 1. The van der Waals surface area contributed by atoms with Crippen molar-refractivity contribution >= 4 is 22.9 Å². The Kier molecular flexibility index (Phi) is 3.43. The summed E-state index contributed by atoms with van der Waals surface area (Å²) in [6, 6.07) is 4.67. The molecule has 5 heteroatoms. The molecule has 0 saturated heterocycles. The van der Waals surface area contributed by atoms with Crippen LogP contribution in [0.25, 0.3) is 0 Å². The third kappa shape index (κ3) is 2.73. The molecule has 0 bridgehead atoms. The first-order valence-electron chi connectivity index (χ1n) is 5.30. The summed E-state index contributed by atoms with van der Waals surface area (Å²) in [5.74, 6) is -1.80. The molecule has 0 fully saturated rings. The second-order valence-corrected chi connectivity index (χ2v) is 5.40. The van der Waals surface area contributed by atoms with Gasteiger partial charge in [-0.3, -0.25) is 4.79 Å². The van der Waals surface area contributed by atoms with Gasteiger partial charge in [0.2, 0.25) is 0 Å². The van der Waals surface area contributed by atoms with Crippen LogP contribution in [0, 0.1) is 25.5 Å². The predicted octanol–water partition coefficient (Wildman–Crippen LogP) is 3.90. The maximum Gasteiger partial charge on any atom is 0.256 e. The lowest BCUT2D eigenvalue weighted by Gasteiger charge is -2.05. The Morgan fingerprint density at radius 1 is 1.11 bits per heavy atom. The molecule has 0 aliphatic carbocycles. The van der Waals surface area contributed by atoms with E-state index in [2.05, 4.69) is 5.32 Å². The Balaban J connectivity index is 2.23. The lowest BCUT2D eigenvalue weighted by molar-refractivity contribution is 0.102. The van der Waals surface area contributed by atoms with Crippen LogP contribution in [0.1, 0.15) is 20.1 Å². The molecule has 0 aliphatic heterocycles. The van der Waals surface area contributed by atoms with E-state index in [9.17, 15) is 13.6 Å². The zero-order valence-corrected chi connectivity index (χ0v) is 10.7. The van der Waals surface area contributed by atoms with Crippen LogP contribution in [0.5, 0.6) is 0 Å². The van der Waals surface area contributed by atoms with Gasteiger partial charge in [-0.25, -0.2) is 8.78 Å². The average Bonchev–Trinajstić information content (AvgIpc) is 2.56. The zero-order valence-electron chi connectivity index (χ0n) is 9.88. The standard InChI is InChI=1S/C13H11F2NOS/c1-7-3-12(8(2)18-7)13(17)16-11-5-9(14)4-10(15)6-11/h3-6H,1-2H3,(H,16,17). The van der Waals surface area contributed by atoms with E-state index in [-0.39, 0.29) is 11.6 Å². The molecule has 0 atom stereocenters. The molecule has 0 aliphatic rings. The van der Waals surface area contributed by atoms with Gasteiger partial charge < -0.3 is 5.32 Å². The second kappa shape index (κ2) is 4.86. The molecule has 0 saturated carbocycles. The van der Waals surface area contributed by atoms with Crippen LogP contribution in [-0.4, -0.2) is 5.91 Å². The minimum Gasteiger partial charge on any atom is -0.322 e. The summed E-state index contributed by atoms with van der Waals surface area (Å²) in [4.78, 5) is 13.8. The van der Waals surface area contributed by atoms with E-state index in [1.807, 2.05) is 13.8 Å². The van der Waals surface area contributed by atoms with E-state index < -0.39 is 11.6 Å². The molecular formula is C13H11F2NOS. The van der Waals surface area contributed by atoms with Crippen molar-refractivity contribution in [1.29, 1.82) is 0 Å². The van der Waals surface area contributed by atoms with Gasteiger partial charge in [0.05, 0.1) is 5.56 Å². The van der Waals surface area contributed by atoms with Gasteiger partial charge >= 0.3 is 0 Å². The fraction of sp³-hybridized carbons (Fsp3) is 0.154. The highest BCUT2D eigenvalue weighted by Gasteiger charge is 2.12. The molecule has 1 aromatic heterocycles. The first-order valence-corrected chi connectivity index (χ1v) is 6.12. The molecule has 0 spiro atoms. The summed E-state index contributed by atoms with van der Waals surface area (Å²) in [6.07, 6.45) is 0. The van der Waals surface area contributed by atoms with Gasteiger partial charge in [0.1, 0.15) is 11.6 Å². The van der Waals surface area contributed by atoms with Gasteiger partial charge in [-0.2, -0.15) is 0 Å². The lowest BCUT2D eigenvalue weighted by atomic mass is 10.2. The van der Waals surface area contributed by atoms with Crippen molar-refractivity contribution in [2.75, 3.05) is 5.32 Å². The van der Waals surface area contributed by atoms with Crippen LogP contribution in [0.2, 0.25) is 0 Å². The van der Waals surface area contributed by atoms with Crippen molar-refractivity contribution in [3.05, 3.63) is 51.2 Å². The molecule has 94 valence electrons. The van der Waals surface area contributed by atoms with Gasteiger partial charge in [-0.1, -0.05) is 0 Å². The third-order valence-electron chi connectivity index (χ3n) is 2.41. The first-order chi connectivity index (χ1) is 8.45. The number of hydrogen-bond acceptors (Lipinski definition) is 2. The minimum absolute atomic E-state index is 0.112. The van der Waals surface area contributed by atoms with Gasteiger partial charge in [-0.15, -0.1) is 11.3 Å². The van der Waals surface area contributed by atoms with E-state index in [0.29, 0.717) is 5.56 Å². The van der Waals surface area contributed by atoms with Crippen molar-refractivity contribution in [3.8, 4) is 0 Å². The Morgan fingerprint density at radius 3 is 2.22 bits per heavy atom. The van der Waals surface area contributed by atoms with E-state index in [1.54, 1.807) is 6.07 Å². The van der Waals surface area contributed by atoms with Crippen molar-refractivity contribution < 1.29 is 13.6 Å². The van der Waals surface area contributed by atoms with Gasteiger partial charge in [0, 0.05) is 21.5 Å². The van der Waals surface area contributed by atoms with Gasteiger partial charge in [0.25, 0.3) is 5.91 Å². The number of anilines is 1. The molecule has 2 rings (SSSR count). The largest absolute Gasteiger partial charge is 0.322 e. The van der Waals surface area contributed by atoms with E-state index >= 15 is 0 Å². The number of halogens is 2. The van der Waals surface area contributed by atoms with Crippen LogP contribution in [-0.2, 0) is 0 Å². The van der Waals surface area contributed by atoms with Gasteiger partial charge in [-0.05, 0) is 32.0 Å². The number of nitrogens with one attached hydrogen (secondary N) is 1. The summed E-state index contributed by atoms with van der Waals surface area (Å²) >= 11 is 1.51. The topological polar surface area (TPSA) is 29.1 Å². The number of hydrogen-bond donors (Lipinski definition) is 1. The zero-order chi connectivity index (χ0) is 13.3. The van der Waals surface area contributed by atoms with Gasteiger partial charge in [0.15, 0.2) is 0 Å². The van der Waals surface area contributed by atoms with Crippen LogP contribution in [0.15, 0.2) is 24.3 Å². The Bertz CT molecular complexity index is 587. The summed E-state index contributed by atoms with van der Waals surface area (Å²) < 4.78 is 26.0. The van der Waals surface area contributed by atoms with Crippen molar-refractivity contribution in [2.24, 2.45) is 0 Å². The molecular weight excluding hydrogens is 256 g/mol. The highest BCUT2D eigenvalue weighted by molar-refractivity contribution is 7.12. The smallest absolute Gasteiger partial charge is 0.256 e. The molecule has 0 radical (unpaired) electrons. The average molecular weight is 267 g/mol. The summed E-state index contributed by atoms with van der Waals surface area (Å²) in [6.45, 7) is 3.73. The number of thiophene rings is 1. The number of rotatable bonds is 2. The van der Waals surface area contributed by atoms with E-state index in [0.717, 1.165) is 28.0 Å². The maximum absolute atomic E-state index is 13.0. The third-order valence-corrected chi connectivity index (χ3v) is 3.37. The van der Waals surface area contributed by atoms with Crippen LogP contribution in [0.4, 0.5) is 14.5 Å². The second-order valence-electron chi connectivity index (χ2n) is 3.94. The Morgan fingerprint density at radius 2 is 1.72 bits per heavy atom. The molecule has 0 unspecified atom stereocenters. The summed E-state index contributed by atoms with van der Waals surface area (Å²) in [5.41, 5.74) is 0.642. The molecule has 1 heterocycles. The van der Waals surface area contributed by atoms with E-state index in [1.165, 1.54) is 11.3 Å². The van der Waals surface area contributed by atoms with E-state index in [4.69, 9.17) is 0 Å². The highest BCUT2D eigenvalue weighted by atomic mass is 32.1. The summed E-state index contributed by atoms with van der Waals surface area (Å²) in [5, 5.41) is 2.48. The summed E-state index contributed by atoms with van der Waals surface area (Å²) in [7, 11) is 0. The Hall–Kier alpha value is -1.75. The molecule has 1 amide bonds. The highest BCUT2D eigenvalue weighted by Crippen LogP contribution is 2.22. The van der Waals surface area contributed by atoms with Crippen LogP contribution in [0.3, 0.4) is 0 Å². The molecule has 1 aromatic carbocycles. The van der Waals surface area contributed by atoms with Crippen molar-refractivity contribution in [1.82, 2.24) is 0 Å². The number of carbonyl (C=O) groups is 1. The number of benzene rings is 1.